The molecule has 0 aliphatic heterocycles. The number of aryl methyl sites for hydroxylation is 3. The minimum Gasteiger partial charge on any atom is -0.481 e. The van der Waals surface area contributed by atoms with Gasteiger partial charge in [-0.15, -0.1) is 0 Å². The van der Waals surface area contributed by atoms with E-state index >= 15 is 0 Å². The van der Waals surface area contributed by atoms with Crippen molar-refractivity contribution >= 4 is 34.3 Å². The van der Waals surface area contributed by atoms with Gasteiger partial charge in [-0.3, -0.25) is 0 Å². The maximum Gasteiger partial charge on any atom is 0.344 e. The highest BCUT2D eigenvalue weighted by molar-refractivity contribution is 6.02. The van der Waals surface area contributed by atoms with Gasteiger partial charge in [0.25, 0.3) is 0 Å². The Bertz CT molecular complexity index is 1410. The zero-order valence-electron chi connectivity index (χ0n) is 20.8. The first kappa shape index (κ1) is 24.7. The summed E-state index contributed by atoms with van der Waals surface area (Å²) >= 11 is 0. The molecule has 7 heteroatoms. The predicted molar refractivity (Wildman–Crippen MR) is 143 cm³/mol. The van der Waals surface area contributed by atoms with E-state index in [1.54, 1.807) is 25.1 Å². The lowest BCUT2D eigenvalue weighted by molar-refractivity contribution is -0.145. The van der Waals surface area contributed by atoms with E-state index in [4.69, 9.17) is 14.5 Å². The fraction of sp³-hybridized carbons (Fsp3) is 0.207. The molecular formula is C29H29N3O4. The molecule has 1 aromatic heterocycles. The van der Waals surface area contributed by atoms with E-state index in [-0.39, 0.29) is 19.2 Å². The van der Waals surface area contributed by atoms with Crippen LogP contribution in [0.25, 0.3) is 22.2 Å². The van der Waals surface area contributed by atoms with Crippen molar-refractivity contribution in [3.05, 3.63) is 83.4 Å². The molecule has 0 saturated carbocycles. The Hall–Kier alpha value is -4.39. The number of carbonyl (C=O) groups excluding carboxylic acids is 2. The average Bonchev–Trinajstić information content (AvgIpc) is 2.85. The standard InChI is InChI=1S/C29H29N3O4/c1-5-35-28(33)17-36-27-16-26(21-9-6-18(2)7-10-21)31-25-13-11-22(15-23(25)27)30-29(34)32-24-12-8-19(3)14-20(24)4/h6-16H,5,17H2,1-4H3,(H2,30,32,34). The van der Waals surface area contributed by atoms with Crippen molar-refractivity contribution < 1.29 is 19.1 Å². The van der Waals surface area contributed by atoms with Crippen LogP contribution in [0.2, 0.25) is 0 Å². The molecule has 184 valence electrons. The third kappa shape index (κ3) is 5.99. The van der Waals surface area contributed by atoms with E-state index in [2.05, 4.69) is 10.6 Å². The summed E-state index contributed by atoms with van der Waals surface area (Å²) in [7, 11) is 0. The van der Waals surface area contributed by atoms with Crippen LogP contribution in [0.5, 0.6) is 5.75 Å². The van der Waals surface area contributed by atoms with E-state index in [1.807, 2.05) is 69.3 Å². The minimum atomic E-state index is -0.457. The van der Waals surface area contributed by atoms with Gasteiger partial charge in [0.05, 0.1) is 17.8 Å². The van der Waals surface area contributed by atoms with Crippen LogP contribution >= 0.6 is 0 Å². The van der Waals surface area contributed by atoms with Gasteiger partial charge in [0.15, 0.2) is 6.61 Å². The van der Waals surface area contributed by atoms with Gasteiger partial charge in [0.1, 0.15) is 5.75 Å². The number of fused-ring (bicyclic) bond motifs is 1. The molecule has 0 unspecified atom stereocenters. The fourth-order valence-electron chi connectivity index (χ4n) is 3.84. The van der Waals surface area contributed by atoms with Crippen molar-refractivity contribution in [3.63, 3.8) is 0 Å². The number of anilines is 2. The van der Waals surface area contributed by atoms with Gasteiger partial charge in [-0.05, 0) is 57.5 Å². The first-order chi connectivity index (χ1) is 17.3. The molecule has 4 aromatic rings. The number of ether oxygens (including phenoxy) is 2. The topological polar surface area (TPSA) is 89.6 Å². The van der Waals surface area contributed by atoms with Crippen LogP contribution < -0.4 is 15.4 Å². The highest BCUT2D eigenvalue weighted by Gasteiger charge is 2.13. The molecule has 3 aromatic carbocycles. The molecule has 0 radical (unpaired) electrons. The number of benzene rings is 3. The first-order valence-corrected chi connectivity index (χ1v) is 11.8. The molecule has 0 atom stereocenters. The molecule has 36 heavy (non-hydrogen) atoms. The molecule has 1 heterocycles. The molecule has 0 aliphatic rings. The molecule has 2 amide bonds. The smallest absolute Gasteiger partial charge is 0.344 e. The fourth-order valence-corrected chi connectivity index (χ4v) is 3.84. The SMILES string of the molecule is CCOC(=O)COc1cc(-c2ccc(C)cc2)nc2ccc(NC(=O)Nc3ccc(C)cc3C)cc12. The van der Waals surface area contributed by atoms with Crippen LogP contribution in [0.3, 0.4) is 0 Å². The van der Waals surface area contributed by atoms with Crippen molar-refractivity contribution in [2.45, 2.75) is 27.7 Å². The molecule has 0 fully saturated rings. The van der Waals surface area contributed by atoms with Crippen LogP contribution in [-0.4, -0.2) is 30.2 Å². The summed E-state index contributed by atoms with van der Waals surface area (Å²) in [6.45, 7) is 7.77. The van der Waals surface area contributed by atoms with Crippen molar-refractivity contribution in [2.24, 2.45) is 0 Å². The number of nitrogens with one attached hydrogen (secondary N) is 2. The highest BCUT2D eigenvalue weighted by atomic mass is 16.6. The third-order valence-corrected chi connectivity index (χ3v) is 5.66. The number of rotatable bonds is 7. The average molecular weight is 484 g/mol. The second kappa shape index (κ2) is 10.9. The Kier molecular flexibility index (Phi) is 7.49. The zero-order valence-corrected chi connectivity index (χ0v) is 20.8. The number of esters is 1. The molecule has 4 rings (SSSR count). The van der Waals surface area contributed by atoms with Crippen LogP contribution in [0.4, 0.5) is 16.2 Å². The van der Waals surface area contributed by atoms with E-state index in [0.29, 0.717) is 22.3 Å². The van der Waals surface area contributed by atoms with Crippen molar-refractivity contribution in [2.75, 3.05) is 23.8 Å². The van der Waals surface area contributed by atoms with Gasteiger partial charge in [0.2, 0.25) is 0 Å². The number of pyridine rings is 1. The number of amides is 2. The summed E-state index contributed by atoms with van der Waals surface area (Å²) in [5.41, 5.74) is 6.87. The van der Waals surface area contributed by atoms with Gasteiger partial charge >= 0.3 is 12.0 Å². The Balaban J connectivity index is 1.64. The van der Waals surface area contributed by atoms with Crippen molar-refractivity contribution in [1.29, 1.82) is 0 Å². The largest absolute Gasteiger partial charge is 0.481 e. The molecule has 0 saturated heterocycles. The van der Waals surface area contributed by atoms with E-state index in [1.165, 1.54) is 0 Å². The Labute approximate surface area is 210 Å². The molecule has 7 nitrogen and oxygen atoms in total. The molecule has 0 aliphatic carbocycles. The minimum absolute atomic E-state index is 0.231. The summed E-state index contributed by atoms with van der Waals surface area (Å²) in [4.78, 5) is 29.4. The maximum atomic E-state index is 12.7. The monoisotopic (exact) mass is 483 g/mol. The number of carbonyl (C=O) groups is 2. The van der Waals surface area contributed by atoms with E-state index in [9.17, 15) is 9.59 Å². The second-order valence-corrected chi connectivity index (χ2v) is 8.59. The van der Waals surface area contributed by atoms with Gasteiger partial charge in [-0.25, -0.2) is 14.6 Å². The molecular weight excluding hydrogens is 454 g/mol. The summed E-state index contributed by atoms with van der Waals surface area (Å²) in [6, 6.07) is 20.7. The van der Waals surface area contributed by atoms with Crippen LogP contribution in [0, 0.1) is 20.8 Å². The first-order valence-electron chi connectivity index (χ1n) is 11.8. The van der Waals surface area contributed by atoms with Gasteiger partial charge in [0, 0.05) is 28.4 Å². The Morgan fingerprint density at radius 1 is 0.861 bits per heavy atom. The van der Waals surface area contributed by atoms with Gasteiger partial charge in [-0.2, -0.15) is 0 Å². The lowest BCUT2D eigenvalue weighted by Gasteiger charge is -2.14. The van der Waals surface area contributed by atoms with Crippen LogP contribution in [0.1, 0.15) is 23.6 Å². The lowest BCUT2D eigenvalue weighted by Crippen LogP contribution is -2.20. The Morgan fingerprint density at radius 3 is 2.33 bits per heavy atom. The van der Waals surface area contributed by atoms with E-state index < -0.39 is 5.97 Å². The number of hydrogen-bond donors (Lipinski definition) is 2. The molecule has 0 bridgehead atoms. The lowest BCUT2D eigenvalue weighted by atomic mass is 10.1. The summed E-state index contributed by atoms with van der Waals surface area (Å²) in [6.07, 6.45) is 0. The quantitative estimate of drug-likeness (QED) is 0.296. The number of hydrogen-bond acceptors (Lipinski definition) is 5. The number of aromatic nitrogens is 1. The van der Waals surface area contributed by atoms with Gasteiger partial charge < -0.3 is 20.1 Å². The van der Waals surface area contributed by atoms with Crippen LogP contribution in [0.15, 0.2) is 66.7 Å². The van der Waals surface area contributed by atoms with Crippen LogP contribution in [-0.2, 0) is 9.53 Å². The summed E-state index contributed by atoms with van der Waals surface area (Å²) < 4.78 is 10.9. The second-order valence-electron chi connectivity index (χ2n) is 8.59. The highest BCUT2D eigenvalue weighted by Crippen LogP contribution is 2.32. The molecule has 0 spiro atoms. The summed E-state index contributed by atoms with van der Waals surface area (Å²) in [5.74, 6) is 0.0172. The van der Waals surface area contributed by atoms with E-state index in [0.717, 1.165) is 33.6 Å². The Morgan fingerprint density at radius 2 is 1.61 bits per heavy atom. The molecule has 2 N–H and O–H groups in total. The van der Waals surface area contributed by atoms with Crippen molar-refractivity contribution in [3.8, 4) is 17.0 Å². The van der Waals surface area contributed by atoms with Gasteiger partial charge in [-0.1, -0.05) is 47.5 Å². The van der Waals surface area contributed by atoms with Crippen molar-refractivity contribution in [1.82, 2.24) is 4.98 Å². The normalized spacial score (nSPS) is 10.7. The zero-order chi connectivity index (χ0) is 25.7. The predicted octanol–water partition coefficient (Wildman–Crippen LogP) is 6.41. The third-order valence-electron chi connectivity index (χ3n) is 5.66. The number of nitrogens with zero attached hydrogens (tertiary/aromatic N) is 1. The maximum absolute atomic E-state index is 12.7. The number of urea groups is 1. The summed E-state index contributed by atoms with van der Waals surface area (Å²) in [5, 5.41) is 6.41.